The fourth-order valence-corrected chi connectivity index (χ4v) is 10.7. The predicted octanol–water partition coefficient (Wildman–Crippen LogP) is 5.14. The highest BCUT2D eigenvalue weighted by molar-refractivity contribution is 6.99. The van der Waals surface area contributed by atoms with E-state index in [0.717, 1.165) is 10.4 Å². The maximum atomic E-state index is 12.7. The van der Waals surface area contributed by atoms with Crippen LogP contribution in [0.3, 0.4) is 0 Å². The molecule has 0 saturated carbocycles. The molecule has 1 aliphatic rings. The number of ketones is 1. The fourth-order valence-electron chi connectivity index (χ4n) is 6.13. The Morgan fingerprint density at radius 2 is 1.73 bits per heavy atom. The molecule has 1 fully saturated rings. The molecular formula is C36H40F3N5O4Si. The van der Waals surface area contributed by atoms with E-state index in [1.165, 1.54) is 6.33 Å². The predicted molar refractivity (Wildman–Crippen MR) is 185 cm³/mol. The number of carbonyl (C=O) groups is 1. The van der Waals surface area contributed by atoms with Crippen LogP contribution in [0.4, 0.5) is 19.0 Å². The Labute approximate surface area is 284 Å². The van der Waals surface area contributed by atoms with Crippen LogP contribution in [0.1, 0.15) is 51.8 Å². The SMILES string of the molecule is CN(C)C=Nc1ncnc2c1c(C#CCCC(=O)C(F)(F)F)cn2[C@H]1CC(O)[C@@H](CO[Si](c2ccccc2)(c2ccccc2)C(C)(C)C)O1. The topological polar surface area (TPSA) is 102 Å². The summed E-state index contributed by atoms with van der Waals surface area (Å²) in [7, 11) is 0.697. The summed E-state index contributed by atoms with van der Waals surface area (Å²) in [5.41, 5.74) is 0.841. The second-order valence-electron chi connectivity index (χ2n) is 13.2. The number of aromatic nitrogens is 3. The number of ether oxygens (including phenoxy) is 1. The third-order valence-corrected chi connectivity index (χ3v) is 13.4. The number of aliphatic hydroxyl groups excluding tert-OH is 1. The maximum Gasteiger partial charge on any atom is 0.450 e. The van der Waals surface area contributed by atoms with Gasteiger partial charge in [0.05, 0.1) is 30.0 Å². The molecule has 2 aromatic heterocycles. The number of aliphatic imine (C=N–C) groups is 1. The summed E-state index contributed by atoms with van der Waals surface area (Å²) in [4.78, 5) is 26.3. The molecule has 258 valence electrons. The van der Waals surface area contributed by atoms with Gasteiger partial charge in [-0.1, -0.05) is 93.3 Å². The van der Waals surface area contributed by atoms with Gasteiger partial charge in [0.2, 0.25) is 5.78 Å². The lowest BCUT2D eigenvalue weighted by Crippen LogP contribution is -2.67. The Bertz CT molecular complexity index is 1810. The van der Waals surface area contributed by atoms with Gasteiger partial charge in [0.1, 0.15) is 24.3 Å². The van der Waals surface area contributed by atoms with Crippen molar-refractivity contribution in [3.05, 3.63) is 78.8 Å². The first-order valence-electron chi connectivity index (χ1n) is 16.0. The highest BCUT2D eigenvalue weighted by Gasteiger charge is 2.51. The molecule has 0 radical (unpaired) electrons. The number of halogens is 3. The van der Waals surface area contributed by atoms with Gasteiger partial charge < -0.3 is 23.7 Å². The first kappa shape index (κ1) is 35.9. The number of fused-ring (bicyclic) bond motifs is 1. The van der Waals surface area contributed by atoms with Crippen LogP contribution in [0.2, 0.25) is 5.04 Å². The van der Waals surface area contributed by atoms with Crippen molar-refractivity contribution in [2.75, 3.05) is 20.7 Å². The quantitative estimate of drug-likeness (QED) is 0.106. The van der Waals surface area contributed by atoms with Crippen LogP contribution in [0.5, 0.6) is 0 Å². The zero-order valence-electron chi connectivity index (χ0n) is 28.1. The van der Waals surface area contributed by atoms with E-state index in [1.54, 1.807) is 36.1 Å². The van der Waals surface area contributed by atoms with Crippen molar-refractivity contribution in [2.45, 2.75) is 69.7 Å². The number of benzene rings is 2. The summed E-state index contributed by atoms with van der Waals surface area (Å²) in [6, 6.07) is 20.4. The molecule has 9 nitrogen and oxygen atoms in total. The number of hydrogen-bond acceptors (Lipinski definition) is 7. The molecule has 1 unspecified atom stereocenters. The monoisotopic (exact) mass is 691 g/mol. The average Bonchev–Trinajstić information content (AvgIpc) is 3.62. The summed E-state index contributed by atoms with van der Waals surface area (Å²) in [5, 5.41) is 13.7. The summed E-state index contributed by atoms with van der Waals surface area (Å²) < 4.78 is 53.4. The van der Waals surface area contributed by atoms with Crippen molar-refractivity contribution in [1.29, 1.82) is 0 Å². The van der Waals surface area contributed by atoms with Crippen LogP contribution in [-0.4, -0.2) is 84.1 Å². The number of carbonyl (C=O) groups excluding carboxylic acids is 1. The van der Waals surface area contributed by atoms with Crippen molar-refractivity contribution in [3.8, 4) is 11.8 Å². The summed E-state index contributed by atoms with van der Waals surface area (Å²) in [6.45, 7) is 6.67. The van der Waals surface area contributed by atoms with Gasteiger partial charge in [-0.05, 0) is 15.4 Å². The number of rotatable bonds is 10. The lowest BCUT2D eigenvalue weighted by Gasteiger charge is -2.43. The second kappa shape index (κ2) is 14.6. The third kappa shape index (κ3) is 7.78. The van der Waals surface area contributed by atoms with Crippen molar-refractivity contribution in [1.82, 2.24) is 19.4 Å². The summed E-state index contributed by atoms with van der Waals surface area (Å²) >= 11 is 0. The molecule has 13 heteroatoms. The van der Waals surface area contributed by atoms with Crippen LogP contribution in [-0.2, 0) is 14.0 Å². The number of nitrogens with zero attached hydrogens (tertiary/aromatic N) is 5. The zero-order chi connectivity index (χ0) is 35.4. The first-order chi connectivity index (χ1) is 23.2. The van der Waals surface area contributed by atoms with E-state index in [-0.39, 0.29) is 24.5 Å². The van der Waals surface area contributed by atoms with Crippen LogP contribution < -0.4 is 10.4 Å². The third-order valence-electron chi connectivity index (χ3n) is 8.41. The number of alkyl halides is 3. The highest BCUT2D eigenvalue weighted by atomic mass is 28.4. The van der Waals surface area contributed by atoms with E-state index in [1.807, 2.05) is 36.4 Å². The number of aliphatic hydroxyl groups is 1. The van der Waals surface area contributed by atoms with Crippen molar-refractivity contribution >= 4 is 47.7 Å². The molecule has 3 atom stereocenters. The summed E-state index contributed by atoms with van der Waals surface area (Å²) in [6.07, 6.45) is -3.30. The molecule has 0 bridgehead atoms. The lowest BCUT2D eigenvalue weighted by molar-refractivity contribution is -0.170. The van der Waals surface area contributed by atoms with Gasteiger partial charge in [0.15, 0.2) is 5.82 Å². The zero-order valence-corrected chi connectivity index (χ0v) is 29.1. The molecule has 1 aliphatic heterocycles. The van der Waals surface area contributed by atoms with Gasteiger partial charge in [-0.25, -0.2) is 15.0 Å². The smallest absolute Gasteiger partial charge is 0.405 e. The van der Waals surface area contributed by atoms with Crippen LogP contribution in [0.15, 0.2) is 78.2 Å². The van der Waals surface area contributed by atoms with E-state index < -0.39 is 45.1 Å². The molecule has 0 aliphatic carbocycles. The average molecular weight is 692 g/mol. The van der Waals surface area contributed by atoms with Gasteiger partial charge in [-0.15, -0.1) is 0 Å². The van der Waals surface area contributed by atoms with E-state index >= 15 is 0 Å². The van der Waals surface area contributed by atoms with Gasteiger partial charge in [-0.2, -0.15) is 13.2 Å². The molecule has 1 saturated heterocycles. The van der Waals surface area contributed by atoms with Crippen molar-refractivity contribution in [3.63, 3.8) is 0 Å². The van der Waals surface area contributed by atoms with E-state index in [2.05, 4.69) is 71.8 Å². The number of Topliss-reactive ketones (excluding diaryl/α,β-unsaturated/α-hetero) is 1. The van der Waals surface area contributed by atoms with E-state index in [9.17, 15) is 23.1 Å². The first-order valence-corrected chi connectivity index (χ1v) is 17.9. The largest absolute Gasteiger partial charge is 0.450 e. The molecule has 3 heterocycles. The Kier molecular flexibility index (Phi) is 10.7. The summed E-state index contributed by atoms with van der Waals surface area (Å²) in [5.74, 6) is 4.05. The Morgan fingerprint density at radius 1 is 1.10 bits per heavy atom. The Morgan fingerprint density at radius 3 is 2.31 bits per heavy atom. The molecule has 49 heavy (non-hydrogen) atoms. The second-order valence-corrected chi connectivity index (χ2v) is 17.5. The molecule has 1 N–H and O–H groups in total. The standard InChI is InChI=1S/C36H40F3N5O4Si/c1-35(2,3)49(26-15-8-6-9-16-26,27-17-10-7-11-18-27)47-22-29-28(45)20-31(48-29)44-21-25(14-12-13-19-30(46)36(37,38)39)32-33(42-24-43(4)5)40-23-41-34(32)44/h6-11,15-18,21,23-24,28-29,31,45H,13,19-20,22H2,1-5H3/t28?,29-,31-/m1/s1. The highest BCUT2D eigenvalue weighted by Crippen LogP contribution is 2.39. The Hall–Kier alpha value is -4.35. The number of hydrogen-bond donors (Lipinski definition) is 1. The molecule has 4 aromatic rings. The maximum absolute atomic E-state index is 12.7. The molecule has 0 spiro atoms. The van der Waals surface area contributed by atoms with Crippen LogP contribution >= 0.6 is 0 Å². The van der Waals surface area contributed by atoms with Crippen LogP contribution in [0.25, 0.3) is 11.0 Å². The van der Waals surface area contributed by atoms with Gasteiger partial charge in [0, 0.05) is 39.6 Å². The molecule has 0 amide bonds. The molecular weight excluding hydrogens is 652 g/mol. The van der Waals surface area contributed by atoms with Crippen LogP contribution in [0, 0.1) is 11.8 Å². The minimum Gasteiger partial charge on any atom is -0.405 e. The lowest BCUT2D eigenvalue weighted by atomic mass is 10.2. The van der Waals surface area contributed by atoms with Crippen molar-refractivity contribution in [2.24, 2.45) is 4.99 Å². The fraction of sp³-hybridized carbons (Fsp3) is 0.389. The normalized spacial score (nSPS) is 18.5. The minimum atomic E-state index is -4.91. The van der Waals surface area contributed by atoms with Gasteiger partial charge in [0.25, 0.3) is 8.32 Å². The van der Waals surface area contributed by atoms with E-state index in [0.29, 0.717) is 22.4 Å². The minimum absolute atomic E-state index is 0.136. The van der Waals surface area contributed by atoms with E-state index in [4.69, 9.17) is 9.16 Å². The molecule has 5 rings (SSSR count). The molecule has 2 aromatic carbocycles. The van der Waals surface area contributed by atoms with Crippen molar-refractivity contribution < 1.29 is 32.2 Å². The van der Waals surface area contributed by atoms with Gasteiger partial charge in [-0.3, -0.25) is 4.79 Å². The van der Waals surface area contributed by atoms with Gasteiger partial charge >= 0.3 is 6.18 Å². The Balaban J connectivity index is 1.46.